The first-order valence-electron chi connectivity index (χ1n) is 4.32. The van der Waals surface area contributed by atoms with Crippen LogP contribution in [-0.2, 0) is 11.2 Å². The van der Waals surface area contributed by atoms with Gasteiger partial charge >= 0.3 is 5.97 Å². The van der Waals surface area contributed by atoms with Crippen LogP contribution >= 0.6 is 11.6 Å². The third-order valence-corrected chi connectivity index (χ3v) is 2.03. The molecular formula is C11H11ClO2. The molecule has 1 rings (SSSR count). The second kappa shape index (κ2) is 5.45. The predicted octanol–water partition coefficient (Wildman–Crippen LogP) is 2.91. The first kappa shape index (κ1) is 10.8. The number of benzene rings is 1. The first-order valence-corrected chi connectivity index (χ1v) is 4.70. The monoisotopic (exact) mass is 210 g/mol. The number of aryl methyl sites for hydroxylation is 1. The molecule has 0 unspecified atom stereocenters. The van der Waals surface area contributed by atoms with Crippen molar-refractivity contribution in [1.29, 1.82) is 0 Å². The Balaban J connectivity index is 2.39. The van der Waals surface area contributed by atoms with E-state index < -0.39 is 5.97 Å². The maximum Gasteiger partial charge on any atom is 0.327 e. The molecule has 0 aliphatic rings. The number of carbonyl (C=O) groups is 1. The van der Waals surface area contributed by atoms with Crippen molar-refractivity contribution in [3.05, 3.63) is 47.0 Å². The van der Waals surface area contributed by atoms with Crippen LogP contribution in [0.25, 0.3) is 0 Å². The summed E-state index contributed by atoms with van der Waals surface area (Å²) in [7, 11) is 0. The largest absolute Gasteiger partial charge is 0.478 e. The molecule has 3 heteroatoms. The van der Waals surface area contributed by atoms with E-state index in [1.54, 1.807) is 6.08 Å². The maximum absolute atomic E-state index is 10.2. The maximum atomic E-state index is 10.2. The van der Waals surface area contributed by atoms with Crippen LogP contribution in [0.3, 0.4) is 0 Å². The highest BCUT2D eigenvalue weighted by atomic mass is 35.5. The quantitative estimate of drug-likeness (QED) is 0.776. The zero-order chi connectivity index (χ0) is 10.4. The van der Waals surface area contributed by atoms with E-state index in [-0.39, 0.29) is 0 Å². The molecule has 1 N–H and O–H groups in total. The highest BCUT2D eigenvalue weighted by Gasteiger charge is 1.92. The molecule has 0 aliphatic heterocycles. The number of rotatable bonds is 4. The van der Waals surface area contributed by atoms with Gasteiger partial charge in [-0.3, -0.25) is 0 Å². The summed E-state index contributed by atoms with van der Waals surface area (Å²) < 4.78 is 0. The summed E-state index contributed by atoms with van der Waals surface area (Å²) in [4.78, 5) is 10.2. The highest BCUT2D eigenvalue weighted by Crippen LogP contribution is 2.10. The van der Waals surface area contributed by atoms with E-state index in [4.69, 9.17) is 16.7 Å². The molecule has 0 fully saturated rings. The van der Waals surface area contributed by atoms with Gasteiger partial charge in [0.25, 0.3) is 0 Å². The van der Waals surface area contributed by atoms with Crippen molar-refractivity contribution >= 4 is 17.6 Å². The third kappa shape index (κ3) is 4.10. The lowest BCUT2D eigenvalue weighted by Crippen LogP contribution is -1.87. The van der Waals surface area contributed by atoms with E-state index in [1.165, 1.54) is 0 Å². The lowest BCUT2D eigenvalue weighted by molar-refractivity contribution is -0.131. The second-order valence-corrected chi connectivity index (χ2v) is 3.34. The van der Waals surface area contributed by atoms with Gasteiger partial charge in [0, 0.05) is 11.1 Å². The fourth-order valence-electron chi connectivity index (χ4n) is 1.09. The Morgan fingerprint density at radius 1 is 1.36 bits per heavy atom. The van der Waals surface area contributed by atoms with Gasteiger partial charge in [-0.2, -0.15) is 0 Å². The fourth-order valence-corrected chi connectivity index (χ4v) is 1.21. The minimum absolute atomic E-state index is 0.717. The fraction of sp³-hybridized carbons (Fsp3) is 0.182. The summed E-state index contributed by atoms with van der Waals surface area (Å²) >= 11 is 5.72. The minimum atomic E-state index is -0.902. The number of hydrogen-bond donors (Lipinski definition) is 1. The Kier molecular flexibility index (Phi) is 4.20. The third-order valence-electron chi connectivity index (χ3n) is 1.77. The number of aliphatic carboxylic acids is 1. The molecule has 0 spiro atoms. The molecule has 0 saturated carbocycles. The van der Waals surface area contributed by atoms with Crippen molar-refractivity contribution in [2.24, 2.45) is 0 Å². The smallest absolute Gasteiger partial charge is 0.327 e. The summed E-state index contributed by atoms with van der Waals surface area (Å²) in [6, 6.07) is 7.55. The molecule has 0 saturated heterocycles. The van der Waals surface area contributed by atoms with Crippen LogP contribution in [0, 0.1) is 0 Å². The Morgan fingerprint density at radius 2 is 2.00 bits per heavy atom. The molecule has 0 bridgehead atoms. The van der Waals surface area contributed by atoms with Crippen LogP contribution in [0.2, 0.25) is 5.02 Å². The van der Waals surface area contributed by atoms with Crippen LogP contribution < -0.4 is 0 Å². The average Bonchev–Trinajstić information content (AvgIpc) is 2.15. The Morgan fingerprint density at radius 3 is 2.57 bits per heavy atom. The van der Waals surface area contributed by atoms with Gasteiger partial charge in [0.05, 0.1) is 0 Å². The molecule has 0 radical (unpaired) electrons. The Hall–Kier alpha value is -1.28. The summed E-state index contributed by atoms with van der Waals surface area (Å²) in [5.41, 5.74) is 1.16. The van der Waals surface area contributed by atoms with E-state index in [0.717, 1.165) is 29.5 Å². The SMILES string of the molecule is O=C(O)C=CCCc1ccc(Cl)cc1. The number of hydrogen-bond acceptors (Lipinski definition) is 1. The van der Waals surface area contributed by atoms with Crippen LogP contribution in [0.15, 0.2) is 36.4 Å². The molecule has 2 nitrogen and oxygen atoms in total. The average molecular weight is 211 g/mol. The van der Waals surface area contributed by atoms with Crippen molar-refractivity contribution < 1.29 is 9.90 Å². The molecule has 74 valence electrons. The lowest BCUT2D eigenvalue weighted by Gasteiger charge is -1.97. The van der Waals surface area contributed by atoms with Gasteiger partial charge in [-0.15, -0.1) is 0 Å². The van der Waals surface area contributed by atoms with Crippen molar-refractivity contribution in [3.63, 3.8) is 0 Å². The number of allylic oxidation sites excluding steroid dienone is 1. The summed E-state index contributed by atoms with van der Waals surface area (Å²) in [5, 5.41) is 9.06. The summed E-state index contributed by atoms with van der Waals surface area (Å²) in [6.45, 7) is 0. The first-order chi connectivity index (χ1) is 6.68. The van der Waals surface area contributed by atoms with Crippen molar-refractivity contribution in [1.82, 2.24) is 0 Å². The van der Waals surface area contributed by atoms with Gasteiger partial charge in [0.2, 0.25) is 0 Å². The number of carboxylic acid groups (broad SMARTS) is 1. The van der Waals surface area contributed by atoms with Crippen molar-refractivity contribution in [2.75, 3.05) is 0 Å². The van der Waals surface area contributed by atoms with E-state index in [0.29, 0.717) is 0 Å². The molecule has 14 heavy (non-hydrogen) atoms. The molecule has 1 aromatic rings. The van der Waals surface area contributed by atoms with Gasteiger partial charge in [-0.05, 0) is 30.5 Å². The Bertz CT molecular complexity index is 328. The molecule has 1 aromatic carbocycles. The van der Waals surface area contributed by atoms with Crippen molar-refractivity contribution in [3.8, 4) is 0 Å². The molecule has 0 heterocycles. The van der Waals surface area contributed by atoms with Gasteiger partial charge in [0.15, 0.2) is 0 Å². The minimum Gasteiger partial charge on any atom is -0.478 e. The van der Waals surface area contributed by atoms with Crippen LogP contribution in [0.4, 0.5) is 0 Å². The topological polar surface area (TPSA) is 37.3 Å². The van der Waals surface area contributed by atoms with Gasteiger partial charge in [-0.1, -0.05) is 29.8 Å². The van der Waals surface area contributed by atoms with Crippen LogP contribution in [0.5, 0.6) is 0 Å². The predicted molar refractivity (Wildman–Crippen MR) is 56.5 cm³/mol. The van der Waals surface area contributed by atoms with E-state index in [9.17, 15) is 4.79 Å². The highest BCUT2D eigenvalue weighted by molar-refractivity contribution is 6.30. The molecule has 0 atom stereocenters. The molecule has 0 aromatic heterocycles. The molecule has 0 amide bonds. The second-order valence-electron chi connectivity index (χ2n) is 2.91. The molecule has 0 aliphatic carbocycles. The summed E-state index contributed by atoms with van der Waals surface area (Å²) in [5.74, 6) is -0.902. The normalized spacial score (nSPS) is 10.6. The van der Waals surface area contributed by atoms with Gasteiger partial charge < -0.3 is 5.11 Å². The van der Waals surface area contributed by atoms with E-state index in [2.05, 4.69) is 0 Å². The van der Waals surface area contributed by atoms with Crippen molar-refractivity contribution in [2.45, 2.75) is 12.8 Å². The van der Waals surface area contributed by atoms with Crippen LogP contribution in [0.1, 0.15) is 12.0 Å². The zero-order valence-electron chi connectivity index (χ0n) is 7.61. The van der Waals surface area contributed by atoms with E-state index in [1.807, 2.05) is 24.3 Å². The zero-order valence-corrected chi connectivity index (χ0v) is 8.37. The number of halogens is 1. The standard InChI is InChI=1S/C11H11ClO2/c12-10-7-5-9(6-8-10)3-1-2-4-11(13)14/h2,4-8H,1,3H2,(H,13,14). The Labute approximate surface area is 87.8 Å². The van der Waals surface area contributed by atoms with Crippen LogP contribution in [-0.4, -0.2) is 11.1 Å². The van der Waals surface area contributed by atoms with Gasteiger partial charge in [0.1, 0.15) is 0 Å². The summed E-state index contributed by atoms with van der Waals surface area (Å²) in [6.07, 6.45) is 4.38. The molecular weight excluding hydrogens is 200 g/mol. The van der Waals surface area contributed by atoms with Gasteiger partial charge in [-0.25, -0.2) is 4.79 Å². The van der Waals surface area contributed by atoms with E-state index >= 15 is 0 Å². The number of carboxylic acids is 1. The lowest BCUT2D eigenvalue weighted by atomic mass is 10.1.